The van der Waals surface area contributed by atoms with E-state index in [1.807, 2.05) is 0 Å². The molecule has 0 amide bonds. The highest BCUT2D eigenvalue weighted by molar-refractivity contribution is 7.89. The van der Waals surface area contributed by atoms with E-state index in [9.17, 15) is 19.1 Å². The van der Waals surface area contributed by atoms with Crippen LogP contribution in [0.25, 0.3) is 0 Å². The Morgan fingerprint density at radius 2 is 2.11 bits per heavy atom. The van der Waals surface area contributed by atoms with Crippen molar-refractivity contribution in [2.75, 3.05) is 13.2 Å². The number of halogens is 1. The molecular weight excluding hydrogens is 259 g/mol. The molecule has 0 aliphatic carbocycles. The second-order valence-corrected chi connectivity index (χ2v) is 5.53. The maximum absolute atomic E-state index is 12.7. The Kier molecular flexibility index (Phi) is 4.15. The zero-order valence-electron chi connectivity index (χ0n) is 9.62. The van der Waals surface area contributed by atoms with Crippen LogP contribution in [0, 0.1) is 10.1 Å². The largest absolute Gasteiger partial charge is 0.593 e. The Bertz CT molecular complexity index is 429. The van der Waals surface area contributed by atoms with Crippen molar-refractivity contribution >= 4 is 17.0 Å². The summed E-state index contributed by atoms with van der Waals surface area (Å²) in [5.41, 5.74) is -0.0424. The first-order chi connectivity index (χ1) is 8.63. The molecular formula is C11H13FN2O3S. The second kappa shape index (κ2) is 5.64. The number of benzene rings is 1. The van der Waals surface area contributed by atoms with E-state index in [-0.39, 0.29) is 11.7 Å². The fourth-order valence-corrected chi connectivity index (χ4v) is 3.37. The van der Waals surface area contributed by atoms with Crippen LogP contribution in [0.3, 0.4) is 0 Å². The van der Waals surface area contributed by atoms with Crippen molar-refractivity contribution in [3.05, 3.63) is 34.4 Å². The third-order valence-electron chi connectivity index (χ3n) is 2.96. The number of non-ortho nitro benzene ring substituents is 1. The molecule has 0 radical (unpaired) electrons. The molecule has 2 unspecified atom stereocenters. The molecule has 2 rings (SSSR count). The highest BCUT2D eigenvalue weighted by Crippen LogP contribution is 2.27. The van der Waals surface area contributed by atoms with Gasteiger partial charge < -0.3 is 4.55 Å². The van der Waals surface area contributed by atoms with Crippen LogP contribution < -0.4 is 0 Å². The Morgan fingerprint density at radius 1 is 1.44 bits per heavy atom. The molecule has 1 aliphatic rings. The van der Waals surface area contributed by atoms with Crippen LogP contribution in [-0.4, -0.2) is 33.0 Å². The van der Waals surface area contributed by atoms with E-state index in [0.29, 0.717) is 17.9 Å². The Morgan fingerprint density at radius 3 is 2.67 bits per heavy atom. The van der Waals surface area contributed by atoms with Crippen molar-refractivity contribution < 1.29 is 13.9 Å². The Labute approximate surface area is 107 Å². The summed E-state index contributed by atoms with van der Waals surface area (Å²) < 4.78 is 26.5. The van der Waals surface area contributed by atoms with Crippen LogP contribution in [0.1, 0.15) is 12.8 Å². The summed E-state index contributed by atoms with van der Waals surface area (Å²) in [6, 6.07) is 5.24. The average Bonchev–Trinajstić information content (AvgIpc) is 2.86. The van der Waals surface area contributed by atoms with E-state index >= 15 is 0 Å². The molecule has 98 valence electrons. The lowest BCUT2D eigenvalue weighted by atomic mass is 10.2. The highest BCUT2D eigenvalue weighted by Gasteiger charge is 2.35. The predicted molar refractivity (Wildman–Crippen MR) is 65.2 cm³/mol. The van der Waals surface area contributed by atoms with Gasteiger partial charge in [-0.15, -0.1) is 4.31 Å². The van der Waals surface area contributed by atoms with Crippen LogP contribution in [-0.2, 0) is 11.4 Å². The maximum Gasteiger partial charge on any atom is 0.269 e. The minimum Gasteiger partial charge on any atom is -0.593 e. The van der Waals surface area contributed by atoms with Gasteiger partial charge in [-0.3, -0.25) is 10.1 Å². The smallest absolute Gasteiger partial charge is 0.269 e. The van der Waals surface area contributed by atoms with Gasteiger partial charge >= 0.3 is 0 Å². The van der Waals surface area contributed by atoms with Crippen LogP contribution >= 0.6 is 0 Å². The molecule has 7 heteroatoms. The summed E-state index contributed by atoms with van der Waals surface area (Å²) in [4.78, 5) is 10.5. The lowest BCUT2D eigenvalue weighted by molar-refractivity contribution is -0.384. The number of rotatable bonds is 4. The molecule has 1 fully saturated rings. The van der Waals surface area contributed by atoms with Crippen LogP contribution in [0.15, 0.2) is 29.2 Å². The van der Waals surface area contributed by atoms with E-state index in [0.717, 1.165) is 6.42 Å². The van der Waals surface area contributed by atoms with Crippen molar-refractivity contribution in [3.8, 4) is 0 Å². The summed E-state index contributed by atoms with van der Waals surface area (Å²) in [5.74, 6) is 0. The first-order valence-electron chi connectivity index (χ1n) is 5.62. The number of hydrogen-bond acceptors (Lipinski definition) is 4. The minimum absolute atomic E-state index is 0.0424. The molecule has 0 spiro atoms. The Hall–Kier alpha value is -1.18. The number of alkyl halides is 1. The fourth-order valence-electron chi connectivity index (χ4n) is 2.00. The lowest BCUT2D eigenvalue weighted by Crippen LogP contribution is -2.36. The molecule has 1 aromatic carbocycles. The van der Waals surface area contributed by atoms with Gasteiger partial charge in [0.05, 0.1) is 22.3 Å². The van der Waals surface area contributed by atoms with E-state index in [1.54, 1.807) is 4.31 Å². The number of hydrogen-bond donors (Lipinski definition) is 0. The van der Waals surface area contributed by atoms with Gasteiger partial charge in [-0.05, 0) is 12.8 Å². The number of nitro benzene ring substituents is 1. The average molecular weight is 272 g/mol. The van der Waals surface area contributed by atoms with E-state index in [2.05, 4.69) is 0 Å². The Balaban J connectivity index is 2.13. The van der Waals surface area contributed by atoms with E-state index in [4.69, 9.17) is 0 Å². The molecule has 1 aliphatic heterocycles. The third kappa shape index (κ3) is 2.63. The van der Waals surface area contributed by atoms with Gasteiger partial charge in [-0.1, -0.05) is 0 Å². The second-order valence-electron chi connectivity index (χ2n) is 4.09. The van der Waals surface area contributed by atoms with Crippen molar-refractivity contribution in [2.45, 2.75) is 23.8 Å². The van der Waals surface area contributed by atoms with E-state index < -0.39 is 23.0 Å². The van der Waals surface area contributed by atoms with Crippen molar-refractivity contribution in [2.24, 2.45) is 0 Å². The van der Waals surface area contributed by atoms with E-state index in [1.165, 1.54) is 24.3 Å². The van der Waals surface area contributed by atoms with Crippen molar-refractivity contribution in [3.63, 3.8) is 0 Å². The molecule has 0 bridgehead atoms. The predicted octanol–water partition coefficient (Wildman–Crippen LogP) is 2.05. The van der Waals surface area contributed by atoms with Gasteiger partial charge in [0, 0.05) is 30.8 Å². The first kappa shape index (κ1) is 13.3. The summed E-state index contributed by atoms with van der Waals surface area (Å²) in [6.07, 6.45) is 1.53. The van der Waals surface area contributed by atoms with Gasteiger partial charge in [0.25, 0.3) is 5.69 Å². The third-order valence-corrected chi connectivity index (χ3v) is 4.55. The summed E-state index contributed by atoms with van der Waals surface area (Å²) in [7, 11) is 0. The number of nitrogens with zero attached hydrogens (tertiary/aromatic N) is 2. The SMILES string of the molecule is O=[N+]([O-])c1ccc([S+]([O-])N2CCCC2CF)cc1. The molecule has 18 heavy (non-hydrogen) atoms. The zero-order valence-corrected chi connectivity index (χ0v) is 10.4. The van der Waals surface area contributed by atoms with Gasteiger partial charge in [-0.2, -0.15) is 0 Å². The molecule has 2 atom stereocenters. The summed E-state index contributed by atoms with van der Waals surface area (Å²) in [6.45, 7) is 0.0803. The lowest BCUT2D eigenvalue weighted by Gasteiger charge is -2.23. The van der Waals surface area contributed by atoms with Gasteiger partial charge in [-0.25, -0.2) is 4.39 Å². The molecule has 5 nitrogen and oxygen atoms in total. The van der Waals surface area contributed by atoms with Crippen molar-refractivity contribution in [1.29, 1.82) is 0 Å². The van der Waals surface area contributed by atoms with Gasteiger partial charge in [0.15, 0.2) is 4.90 Å². The fraction of sp³-hybridized carbons (Fsp3) is 0.455. The van der Waals surface area contributed by atoms with Crippen LogP contribution in [0.5, 0.6) is 0 Å². The van der Waals surface area contributed by atoms with Gasteiger partial charge in [0.1, 0.15) is 6.67 Å². The molecule has 1 aromatic rings. The molecule has 0 saturated carbocycles. The minimum atomic E-state index is -1.44. The molecule has 0 aromatic heterocycles. The molecule has 0 N–H and O–H groups in total. The normalized spacial score (nSPS) is 22.0. The zero-order chi connectivity index (χ0) is 13.1. The van der Waals surface area contributed by atoms with Crippen LogP contribution in [0.2, 0.25) is 0 Å². The molecule has 1 saturated heterocycles. The summed E-state index contributed by atoms with van der Waals surface area (Å²) >= 11 is -1.44. The quantitative estimate of drug-likeness (QED) is 0.478. The first-order valence-corrected chi connectivity index (χ1v) is 6.73. The topological polar surface area (TPSA) is 69.4 Å². The summed E-state index contributed by atoms with van der Waals surface area (Å²) in [5, 5.41) is 10.5. The molecule has 1 heterocycles. The standard InChI is InChI=1S/C11H13FN2O3S/c12-8-10-2-1-7-13(10)18(17)11-5-3-9(4-6-11)14(15)16/h3-6,10H,1-2,7-8H2. The van der Waals surface area contributed by atoms with Crippen LogP contribution in [0.4, 0.5) is 10.1 Å². The van der Waals surface area contributed by atoms with Gasteiger partial charge in [0.2, 0.25) is 0 Å². The monoisotopic (exact) mass is 272 g/mol. The highest BCUT2D eigenvalue weighted by atomic mass is 32.2. The number of nitro groups is 1. The maximum atomic E-state index is 12.7. The van der Waals surface area contributed by atoms with Crippen molar-refractivity contribution in [1.82, 2.24) is 4.31 Å².